The number of amides is 1. The van der Waals surface area contributed by atoms with Gasteiger partial charge in [0.05, 0.1) is 58.4 Å². The number of ether oxygens (including phenoxy) is 8. The van der Waals surface area contributed by atoms with Gasteiger partial charge in [0.15, 0.2) is 0 Å². The molecule has 3 aromatic rings. The van der Waals surface area contributed by atoms with Crippen molar-refractivity contribution in [3.8, 4) is 23.0 Å². The minimum absolute atomic E-state index is 0.00607. The molecule has 1 saturated heterocycles. The highest BCUT2D eigenvalue weighted by Crippen LogP contribution is 2.35. The molecule has 0 saturated carbocycles. The molecule has 55 heavy (non-hydrogen) atoms. The zero-order valence-electron chi connectivity index (χ0n) is 31.6. The van der Waals surface area contributed by atoms with E-state index < -0.39 is 11.2 Å². The molecular formula is C39H52N4O12. The summed E-state index contributed by atoms with van der Waals surface area (Å²) in [6.45, 7) is 6.03. The molecule has 3 aromatic carbocycles. The second kappa shape index (κ2) is 22.3. The molecule has 0 aliphatic carbocycles. The van der Waals surface area contributed by atoms with Crippen LogP contribution in [0.1, 0.15) is 18.4 Å². The van der Waals surface area contributed by atoms with Crippen molar-refractivity contribution in [3.05, 3.63) is 82.4 Å². The highest BCUT2D eigenvalue weighted by atomic mass is 17.0. The molecule has 2 aliphatic rings. The van der Waals surface area contributed by atoms with Gasteiger partial charge in [0.25, 0.3) is 5.09 Å². The summed E-state index contributed by atoms with van der Waals surface area (Å²) in [5.74, 6) is 3.09. The van der Waals surface area contributed by atoms with Crippen LogP contribution in [0.5, 0.6) is 23.0 Å². The summed E-state index contributed by atoms with van der Waals surface area (Å²) in [6.07, 6.45) is 1.16. The van der Waals surface area contributed by atoms with Crippen molar-refractivity contribution < 1.29 is 52.6 Å². The van der Waals surface area contributed by atoms with Gasteiger partial charge in [-0.15, -0.1) is 10.1 Å². The van der Waals surface area contributed by atoms with Crippen LogP contribution in [0, 0.1) is 10.1 Å². The number of rotatable bonds is 23. The van der Waals surface area contributed by atoms with Crippen LogP contribution in [0.15, 0.2) is 66.7 Å². The van der Waals surface area contributed by atoms with Crippen molar-refractivity contribution in [2.24, 2.45) is 0 Å². The molecule has 1 unspecified atom stereocenters. The Morgan fingerprint density at radius 3 is 2.49 bits per heavy atom. The van der Waals surface area contributed by atoms with Gasteiger partial charge in [0, 0.05) is 63.6 Å². The Hall–Kier alpha value is -5.19. The van der Waals surface area contributed by atoms with E-state index in [2.05, 4.69) is 14.6 Å². The van der Waals surface area contributed by atoms with Crippen LogP contribution in [-0.4, -0.2) is 129 Å². The molecule has 0 N–H and O–H groups in total. The standard InChI is InChI=1S/C39H52N4O12/c1-47-19-5-15-40-18-22-52-38-14-13-35(27-36(38)40)54-30-33-28-41(39(44)53-25-23-49-24-26-55-43(45)46)16-17-42(33)32-9-11-34(12-10-32)51-21-6-20-50-29-31-7-3-4-8-37(31)48-2/h3-4,7-14,27,33H,5-6,15-26,28-30H2,1-2H3. The number of methoxy groups -OCH3 is 2. The third-order valence-corrected chi connectivity index (χ3v) is 9.05. The minimum atomic E-state index is -0.880. The fourth-order valence-corrected chi connectivity index (χ4v) is 6.31. The van der Waals surface area contributed by atoms with Gasteiger partial charge >= 0.3 is 6.09 Å². The van der Waals surface area contributed by atoms with Crippen LogP contribution < -0.4 is 28.7 Å². The molecular weight excluding hydrogens is 716 g/mol. The highest BCUT2D eigenvalue weighted by Gasteiger charge is 2.31. The highest BCUT2D eigenvalue weighted by molar-refractivity contribution is 5.68. The van der Waals surface area contributed by atoms with Crippen LogP contribution in [0.25, 0.3) is 0 Å². The number of hydrogen-bond acceptors (Lipinski definition) is 14. The molecule has 300 valence electrons. The quantitative estimate of drug-likeness (QED) is 0.0734. The Balaban J connectivity index is 1.16. The lowest BCUT2D eigenvalue weighted by molar-refractivity contribution is -0.758. The maximum Gasteiger partial charge on any atom is 0.409 e. The van der Waals surface area contributed by atoms with E-state index in [0.717, 1.165) is 60.1 Å². The number of carbonyl (C=O) groups excluding carboxylic acids is 1. The van der Waals surface area contributed by atoms with Crippen LogP contribution in [0.2, 0.25) is 0 Å². The Morgan fingerprint density at radius 2 is 1.67 bits per heavy atom. The Kier molecular flexibility index (Phi) is 16.6. The summed E-state index contributed by atoms with van der Waals surface area (Å²) in [6, 6.07) is 21.4. The van der Waals surface area contributed by atoms with E-state index in [4.69, 9.17) is 37.9 Å². The number of carbonyl (C=O) groups is 1. The monoisotopic (exact) mass is 768 g/mol. The molecule has 1 fully saturated rings. The lowest BCUT2D eigenvalue weighted by Gasteiger charge is -2.42. The first-order valence-corrected chi connectivity index (χ1v) is 18.5. The summed E-state index contributed by atoms with van der Waals surface area (Å²) in [4.78, 5) is 33.8. The van der Waals surface area contributed by atoms with E-state index in [1.165, 1.54) is 0 Å². The van der Waals surface area contributed by atoms with Gasteiger partial charge in [-0.05, 0) is 48.9 Å². The number of anilines is 2. The fourth-order valence-electron chi connectivity index (χ4n) is 6.31. The summed E-state index contributed by atoms with van der Waals surface area (Å²) >= 11 is 0. The van der Waals surface area contributed by atoms with Crippen LogP contribution in [-0.2, 0) is 30.4 Å². The molecule has 0 radical (unpaired) electrons. The summed E-state index contributed by atoms with van der Waals surface area (Å²) < 4.78 is 45.5. The van der Waals surface area contributed by atoms with Gasteiger partial charge in [-0.3, -0.25) is 0 Å². The minimum Gasteiger partial charge on any atom is -0.496 e. The number of nitrogens with zero attached hydrogens (tertiary/aromatic N) is 4. The molecule has 16 heteroatoms. The molecule has 0 spiro atoms. The van der Waals surface area contributed by atoms with E-state index in [-0.39, 0.29) is 32.5 Å². The normalized spacial score (nSPS) is 15.2. The number of piperazine rings is 1. The molecule has 5 rings (SSSR count). The van der Waals surface area contributed by atoms with Crippen molar-refractivity contribution in [1.29, 1.82) is 0 Å². The van der Waals surface area contributed by atoms with Crippen LogP contribution in [0.3, 0.4) is 0 Å². The first-order chi connectivity index (χ1) is 26.9. The number of benzene rings is 3. The van der Waals surface area contributed by atoms with Crippen molar-refractivity contribution in [2.45, 2.75) is 25.5 Å². The van der Waals surface area contributed by atoms with E-state index in [1.807, 2.05) is 66.7 Å². The average molecular weight is 769 g/mol. The predicted molar refractivity (Wildman–Crippen MR) is 203 cm³/mol. The molecule has 16 nitrogen and oxygen atoms in total. The van der Waals surface area contributed by atoms with Crippen molar-refractivity contribution >= 4 is 17.5 Å². The van der Waals surface area contributed by atoms with Gasteiger partial charge in [0.1, 0.15) is 49.4 Å². The molecule has 0 bridgehead atoms. The summed E-state index contributed by atoms with van der Waals surface area (Å²) in [5, 5.41) is 9.40. The average Bonchev–Trinajstić information content (AvgIpc) is 3.21. The van der Waals surface area contributed by atoms with Crippen molar-refractivity contribution in [3.63, 3.8) is 0 Å². The van der Waals surface area contributed by atoms with Crippen molar-refractivity contribution in [2.75, 3.05) is 116 Å². The van der Waals surface area contributed by atoms with E-state index in [9.17, 15) is 14.9 Å². The van der Waals surface area contributed by atoms with Gasteiger partial charge in [-0.2, -0.15) is 0 Å². The molecule has 0 aromatic heterocycles. The Labute approximate surface area is 321 Å². The smallest absolute Gasteiger partial charge is 0.409 e. The maximum absolute atomic E-state index is 13.1. The lowest BCUT2D eigenvalue weighted by atomic mass is 10.1. The second-order valence-electron chi connectivity index (χ2n) is 12.8. The van der Waals surface area contributed by atoms with Gasteiger partial charge in [0.2, 0.25) is 0 Å². The zero-order valence-corrected chi connectivity index (χ0v) is 31.6. The predicted octanol–water partition coefficient (Wildman–Crippen LogP) is 4.85. The largest absolute Gasteiger partial charge is 0.496 e. The fraction of sp³-hybridized carbons (Fsp3) is 0.513. The van der Waals surface area contributed by atoms with Gasteiger partial charge in [-0.1, -0.05) is 18.2 Å². The first kappa shape index (κ1) is 41.0. The van der Waals surface area contributed by atoms with Gasteiger partial charge in [-0.25, -0.2) is 4.79 Å². The summed E-state index contributed by atoms with van der Waals surface area (Å²) in [5.41, 5.74) is 2.96. The lowest BCUT2D eigenvalue weighted by Crippen LogP contribution is -2.57. The van der Waals surface area contributed by atoms with Crippen molar-refractivity contribution in [1.82, 2.24) is 4.90 Å². The number of para-hydroxylation sites is 1. The Morgan fingerprint density at radius 1 is 0.855 bits per heavy atom. The zero-order chi connectivity index (χ0) is 38.7. The molecule has 2 aliphatic heterocycles. The van der Waals surface area contributed by atoms with E-state index >= 15 is 0 Å². The maximum atomic E-state index is 13.1. The third kappa shape index (κ3) is 13.0. The first-order valence-electron chi connectivity index (χ1n) is 18.5. The van der Waals surface area contributed by atoms with Crippen LogP contribution >= 0.6 is 0 Å². The second-order valence-corrected chi connectivity index (χ2v) is 12.8. The Bertz CT molecular complexity index is 1610. The topological polar surface area (TPSA) is 153 Å². The van der Waals surface area contributed by atoms with Gasteiger partial charge < -0.3 is 57.4 Å². The number of fused-ring (bicyclic) bond motifs is 1. The molecule has 1 amide bonds. The third-order valence-electron chi connectivity index (χ3n) is 9.05. The van der Waals surface area contributed by atoms with E-state index in [1.54, 1.807) is 19.1 Å². The molecule has 1 atom stereocenters. The SMILES string of the molecule is COCCCN1CCOc2ccc(OCC3CN(C(=O)OCCOCCO[N+](=O)[O-])CCN3c3ccc(OCCCOCc4ccccc4OC)cc3)cc21. The number of hydrogen-bond donors (Lipinski definition) is 0. The molecule has 2 heterocycles. The summed E-state index contributed by atoms with van der Waals surface area (Å²) in [7, 11) is 3.36. The van der Waals surface area contributed by atoms with Crippen LogP contribution in [0.4, 0.5) is 16.2 Å². The van der Waals surface area contributed by atoms with E-state index in [0.29, 0.717) is 65.0 Å².